The van der Waals surface area contributed by atoms with Crippen LogP contribution in [0.2, 0.25) is 0 Å². The van der Waals surface area contributed by atoms with Gasteiger partial charge in [-0.25, -0.2) is 4.98 Å². The van der Waals surface area contributed by atoms with Crippen molar-refractivity contribution in [1.29, 1.82) is 0 Å². The number of para-hydroxylation sites is 1. The number of hydrogen-bond donors (Lipinski definition) is 2. The molecule has 3 aromatic rings. The second-order valence-electron chi connectivity index (χ2n) is 3.68. The van der Waals surface area contributed by atoms with Gasteiger partial charge in [-0.2, -0.15) is 8.42 Å². The highest BCUT2D eigenvalue weighted by Crippen LogP contribution is 2.27. The zero-order valence-electron chi connectivity index (χ0n) is 8.58. The van der Waals surface area contributed by atoms with Gasteiger partial charge in [0.1, 0.15) is 0 Å². The molecule has 0 aliphatic rings. The molecular formula is C11H8N2O3S. The molecule has 0 radical (unpaired) electrons. The Labute approximate surface area is 96.9 Å². The van der Waals surface area contributed by atoms with Gasteiger partial charge in [-0.15, -0.1) is 0 Å². The molecule has 0 unspecified atom stereocenters. The topological polar surface area (TPSA) is 83.1 Å². The van der Waals surface area contributed by atoms with Gasteiger partial charge in [0.05, 0.1) is 5.52 Å². The van der Waals surface area contributed by atoms with Gasteiger partial charge in [-0.05, 0) is 12.1 Å². The Hall–Kier alpha value is -1.92. The van der Waals surface area contributed by atoms with Gasteiger partial charge in [-0.3, -0.25) is 4.55 Å². The molecular weight excluding hydrogens is 240 g/mol. The van der Waals surface area contributed by atoms with Gasteiger partial charge >= 0.3 is 10.1 Å². The third-order valence-corrected chi connectivity index (χ3v) is 3.44. The lowest BCUT2D eigenvalue weighted by Crippen LogP contribution is -2.01. The molecule has 5 nitrogen and oxygen atoms in total. The lowest BCUT2D eigenvalue weighted by Gasteiger charge is -1.97. The van der Waals surface area contributed by atoms with Gasteiger partial charge in [0.15, 0.2) is 0 Å². The van der Waals surface area contributed by atoms with Crippen molar-refractivity contribution in [3.63, 3.8) is 0 Å². The molecule has 3 rings (SSSR count). The van der Waals surface area contributed by atoms with Crippen LogP contribution < -0.4 is 0 Å². The molecule has 0 saturated carbocycles. The maximum atomic E-state index is 11.2. The summed E-state index contributed by atoms with van der Waals surface area (Å²) in [6, 6.07) is 9.13. The van der Waals surface area contributed by atoms with Crippen LogP contribution in [0.25, 0.3) is 21.8 Å². The fourth-order valence-electron chi connectivity index (χ4n) is 1.95. The molecule has 0 aliphatic heterocycles. The average Bonchev–Trinajstić information content (AvgIpc) is 2.65. The monoisotopic (exact) mass is 248 g/mol. The molecule has 6 heteroatoms. The maximum absolute atomic E-state index is 11.2. The van der Waals surface area contributed by atoms with Gasteiger partial charge in [0.25, 0.3) is 0 Å². The lowest BCUT2D eigenvalue weighted by molar-refractivity contribution is 0.480. The maximum Gasteiger partial charge on any atom is 0.314 e. The number of nitrogens with zero attached hydrogens (tertiary/aromatic N) is 1. The summed E-state index contributed by atoms with van der Waals surface area (Å²) in [6.45, 7) is 0. The van der Waals surface area contributed by atoms with E-state index in [0.717, 1.165) is 16.3 Å². The summed E-state index contributed by atoms with van der Waals surface area (Å²) in [7, 11) is -4.32. The van der Waals surface area contributed by atoms with Crippen LogP contribution in [-0.2, 0) is 10.1 Å². The number of pyridine rings is 1. The first-order valence-electron chi connectivity index (χ1n) is 4.90. The lowest BCUT2D eigenvalue weighted by atomic mass is 10.2. The summed E-state index contributed by atoms with van der Waals surface area (Å²) in [5.41, 5.74) is 1.14. The Morgan fingerprint density at radius 3 is 2.65 bits per heavy atom. The fourth-order valence-corrected chi connectivity index (χ4v) is 2.56. The summed E-state index contributed by atoms with van der Waals surface area (Å²) in [5.74, 6) is 0. The van der Waals surface area contributed by atoms with E-state index in [4.69, 9.17) is 4.55 Å². The van der Waals surface area contributed by atoms with E-state index in [1.165, 1.54) is 6.20 Å². The molecule has 0 fully saturated rings. The van der Waals surface area contributed by atoms with Crippen LogP contribution in [0.4, 0.5) is 0 Å². The van der Waals surface area contributed by atoms with Crippen molar-refractivity contribution in [1.82, 2.24) is 9.97 Å². The molecule has 0 bridgehead atoms. The minimum atomic E-state index is -4.32. The fraction of sp³-hybridized carbons (Fsp3) is 0. The molecule has 86 valence electrons. The van der Waals surface area contributed by atoms with Crippen molar-refractivity contribution in [2.24, 2.45) is 0 Å². The van der Waals surface area contributed by atoms with Crippen molar-refractivity contribution in [3.05, 3.63) is 36.5 Å². The summed E-state index contributed by atoms with van der Waals surface area (Å²) in [5, 5.41) is 1.28. The third-order valence-electron chi connectivity index (χ3n) is 2.64. The molecule has 0 atom stereocenters. The smallest absolute Gasteiger partial charge is 0.314 e. The molecule has 2 aromatic heterocycles. The van der Waals surface area contributed by atoms with Crippen LogP contribution in [0.5, 0.6) is 0 Å². The largest absolute Gasteiger partial charge is 0.352 e. The standard InChI is InChI=1S/C11H8N2O3S/c14-17(15,16)11-10-8(5-6-12-11)7-3-1-2-4-9(7)13-10/h1-6,13H,(H,14,15,16). The Morgan fingerprint density at radius 1 is 1.12 bits per heavy atom. The second kappa shape index (κ2) is 3.28. The van der Waals surface area contributed by atoms with Crippen molar-refractivity contribution < 1.29 is 13.0 Å². The highest BCUT2D eigenvalue weighted by Gasteiger charge is 2.18. The van der Waals surface area contributed by atoms with Gasteiger partial charge in [-0.1, -0.05) is 18.2 Å². The highest BCUT2D eigenvalue weighted by atomic mass is 32.2. The SMILES string of the molecule is O=S(=O)(O)c1nccc2c1[nH]c1ccccc12. The van der Waals surface area contributed by atoms with Crippen molar-refractivity contribution in [2.45, 2.75) is 5.03 Å². The number of aromatic nitrogens is 2. The van der Waals surface area contributed by atoms with Crippen LogP contribution in [0.3, 0.4) is 0 Å². The first-order chi connectivity index (χ1) is 8.07. The van der Waals surface area contributed by atoms with E-state index in [-0.39, 0.29) is 5.03 Å². The quantitative estimate of drug-likeness (QED) is 0.645. The van der Waals surface area contributed by atoms with Crippen molar-refractivity contribution in [2.75, 3.05) is 0 Å². The van der Waals surface area contributed by atoms with E-state index < -0.39 is 10.1 Å². The predicted molar refractivity (Wildman–Crippen MR) is 63.4 cm³/mol. The summed E-state index contributed by atoms with van der Waals surface area (Å²) in [6.07, 6.45) is 1.37. The van der Waals surface area contributed by atoms with E-state index >= 15 is 0 Å². The molecule has 0 aliphatic carbocycles. The Morgan fingerprint density at radius 2 is 1.88 bits per heavy atom. The first-order valence-corrected chi connectivity index (χ1v) is 6.34. The van der Waals surface area contributed by atoms with E-state index in [1.54, 1.807) is 6.07 Å². The summed E-state index contributed by atoms with van der Waals surface area (Å²) in [4.78, 5) is 6.66. The zero-order valence-corrected chi connectivity index (χ0v) is 9.40. The Bertz CT molecular complexity index is 821. The van der Waals surface area contributed by atoms with Crippen LogP contribution in [0.1, 0.15) is 0 Å². The zero-order chi connectivity index (χ0) is 12.0. The Balaban J connectivity index is 2.57. The van der Waals surface area contributed by atoms with E-state index in [9.17, 15) is 8.42 Å². The minimum Gasteiger partial charge on any atom is -0.352 e. The number of H-pyrrole nitrogens is 1. The van der Waals surface area contributed by atoms with Crippen molar-refractivity contribution in [3.8, 4) is 0 Å². The van der Waals surface area contributed by atoms with E-state index in [2.05, 4.69) is 9.97 Å². The number of nitrogens with one attached hydrogen (secondary N) is 1. The van der Waals surface area contributed by atoms with Gasteiger partial charge in [0, 0.05) is 22.5 Å². The predicted octanol–water partition coefficient (Wildman–Crippen LogP) is 1.96. The normalized spacial score (nSPS) is 12.3. The third kappa shape index (κ3) is 1.49. The summed E-state index contributed by atoms with van der Waals surface area (Å²) >= 11 is 0. The van der Waals surface area contributed by atoms with Crippen LogP contribution >= 0.6 is 0 Å². The highest BCUT2D eigenvalue weighted by molar-refractivity contribution is 7.86. The van der Waals surface area contributed by atoms with E-state index in [1.807, 2.05) is 24.3 Å². The molecule has 2 N–H and O–H groups in total. The number of aromatic amines is 1. The van der Waals surface area contributed by atoms with Crippen LogP contribution in [0.15, 0.2) is 41.6 Å². The summed E-state index contributed by atoms with van der Waals surface area (Å²) < 4.78 is 31.5. The first kappa shape index (κ1) is 10.2. The number of fused-ring (bicyclic) bond motifs is 3. The molecule has 17 heavy (non-hydrogen) atoms. The Kier molecular flexibility index (Phi) is 1.98. The molecule has 0 amide bonds. The molecule has 0 spiro atoms. The molecule has 2 heterocycles. The number of benzene rings is 1. The van der Waals surface area contributed by atoms with Crippen LogP contribution in [0, 0.1) is 0 Å². The average molecular weight is 248 g/mol. The molecule has 0 saturated heterocycles. The number of hydrogen-bond acceptors (Lipinski definition) is 3. The minimum absolute atomic E-state index is 0.330. The van der Waals surface area contributed by atoms with E-state index in [0.29, 0.717) is 5.52 Å². The number of rotatable bonds is 1. The second-order valence-corrected chi connectivity index (χ2v) is 5.02. The van der Waals surface area contributed by atoms with Gasteiger partial charge in [0.2, 0.25) is 5.03 Å². The van der Waals surface area contributed by atoms with Crippen LogP contribution in [-0.4, -0.2) is 22.9 Å². The molecule has 1 aromatic carbocycles. The van der Waals surface area contributed by atoms with Crippen molar-refractivity contribution >= 4 is 31.9 Å². The van der Waals surface area contributed by atoms with Gasteiger partial charge < -0.3 is 4.98 Å².